The molecule has 1 fully saturated rings. The van der Waals surface area contributed by atoms with E-state index in [9.17, 15) is 10.1 Å². The summed E-state index contributed by atoms with van der Waals surface area (Å²) in [5.74, 6) is 1.29. The quantitative estimate of drug-likeness (QED) is 0.641. The number of nitrogens with zero attached hydrogens (tertiary/aromatic N) is 3. The van der Waals surface area contributed by atoms with Crippen LogP contribution in [-0.4, -0.2) is 20.9 Å². The fraction of sp³-hybridized carbons (Fsp3) is 0.667. The smallest absolute Gasteiger partial charge is 0.352 e. The lowest BCUT2D eigenvalue weighted by Gasteiger charge is -2.33. The number of nitrogens with two attached hydrogens (primary N) is 1. The number of nitro groups is 1. The predicted octanol–water partition coefficient (Wildman–Crippen LogP) is 2.20. The molecule has 0 spiro atoms. The van der Waals surface area contributed by atoms with Crippen molar-refractivity contribution in [3.8, 4) is 0 Å². The van der Waals surface area contributed by atoms with Crippen molar-refractivity contribution in [1.82, 2.24) is 9.97 Å². The minimum atomic E-state index is -0.534. The SMILES string of the molecule is CC1CCC(Nc2ncnc(N)c2[N+](=O)[O-])C(C)C1. The van der Waals surface area contributed by atoms with E-state index in [0.29, 0.717) is 11.8 Å². The third-order valence-electron chi connectivity index (χ3n) is 3.79. The first kappa shape index (κ1) is 13.5. The van der Waals surface area contributed by atoms with Crippen LogP contribution in [0.5, 0.6) is 0 Å². The summed E-state index contributed by atoms with van der Waals surface area (Å²) in [7, 11) is 0. The van der Waals surface area contributed by atoms with Crippen LogP contribution in [0.2, 0.25) is 0 Å². The van der Waals surface area contributed by atoms with Gasteiger partial charge in [-0.15, -0.1) is 0 Å². The molecular formula is C12H19N5O2. The van der Waals surface area contributed by atoms with Gasteiger partial charge in [-0.1, -0.05) is 13.8 Å². The van der Waals surface area contributed by atoms with Crippen molar-refractivity contribution in [1.29, 1.82) is 0 Å². The van der Waals surface area contributed by atoms with Gasteiger partial charge in [0.05, 0.1) is 4.92 Å². The minimum Gasteiger partial charge on any atom is -0.378 e. The summed E-state index contributed by atoms with van der Waals surface area (Å²) in [5.41, 5.74) is 5.32. The molecule has 2 rings (SSSR count). The molecule has 0 aromatic carbocycles. The van der Waals surface area contributed by atoms with Gasteiger partial charge in [-0.3, -0.25) is 10.1 Å². The summed E-state index contributed by atoms with van der Waals surface area (Å²) in [6.45, 7) is 4.39. The van der Waals surface area contributed by atoms with Crippen molar-refractivity contribution < 1.29 is 4.92 Å². The summed E-state index contributed by atoms with van der Waals surface area (Å²) in [6, 6.07) is 0.198. The van der Waals surface area contributed by atoms with Gasteiger partial charge in [0, 0.05) is 6.04 Å². The van der Waals surface area contributed by atoms with Crippen LogP contribution in [-0.2, 0) is 0 Å². The van der Waals surface area contributed by atoms with Crippen LogP contribution in [0, 0.1) is 22.0 Å². The largest absolute Gasteiger partial charge is 0.378 e. The Morgan fingerprint density at radius 2 is 2.16 bits per heavy atom. The monoisotopic (exact) mass is 265 g/mol. The van der Waals surface area contributed by atoms with Gasteiger partial charge in [-0.25, -0.2) is 9.97 Å². The van der Waals surface area contributed by atoms with E-state index in [0.717, 1.165) is 19.3 Å². The van der Waals surface area contributed by atoms with Crippen molar-refractivity contribution in [2.75, 3.05) is 11.1 Å². The van der Waals surface area contributed by atoms with Gasteiger partial charge in [0.15, 0.2) is 0 Å². The Kier molecular flexibility index (Phi) is 3.82. The summed E-state index contributed by atoms with van der Waals surface area (Å²) in [4.78, 5) is 18.1. The molecule has 104 valence electrons. The molecule has 3 atom stereocenters. The Labute approximate surface area is 111 Å². The van der Waals surface area contributed by atoms with Crippen LogP contribution in [0.4, 0.5) is 17.3 Å². The van der Waals surface area contributed by atoms with Crippen LogP contribution in [0.15, 0.2) is 6.33 Å². The van der Waals surface area contributed by atoms with E-state index in [1.165, 1.54) is 6.33 Å². The van der Waals surface area contributed by atoms with Gasteiger partial charge < -0.3 is 11.1 Å². The van der Waals surface area contributed by atoms with E-state index in [1.807, 2.05) is 0 Å². The highest BCUT2D eigenvalue weighted by Crippen LogP contribution is 2.33. The third-order valence-corrected chi connectivity index (χ3v) is 3.79. The highest BCUT2D eigenvalue weighted by Gasteiger charge is 2.29. The predicted molar refractivity (Wildman–Crippen MR) is 72.7 cm³/mol. The number of nitrogen functional groups attached to an aromatic ring is 1. The molecule has 1 heterocycles. The molecule has 0 bridgehead atoms. The van der Waals surface area contributed by atoms with Gasteiger partial charge in [-0.05, 0) is 31.1 Å². The van der Waals surface area contributed by atoms with E-state index in [-0.39, 0.29) is 23.4 Å². The van der Waals surface area contributed by atoms with Gasteiger partial charge in [0.25, 0.3) is 0 Å². The first-order chi connectivity index (χ1) is 8.99. The fourth-order valence-corrected chi connectivity index (χ4v) is 2.73. The van der Waals surface area contributed by atoms with Crippen LogP contribution < -0.4 is 11.1 Å². The molecule has 1 aliphatic rings. The van der Waals surface area contributed by atoms with Crippen molar-refractivity contribution in [3.63, 3.8) is 0 Å². The zero-order valence-electron chi connectivity index (χ0n) is 11.2. The molecule has 0 aliphatic heterocycles. The Bertz CT molecular complexity index is 479. The molecule has 3 unspecified atom stereocenters. The molecule has 0 radical (unpaired) electrons. The van der Waals surface area contributed by atoms with Gasteiger partial charge in [-0.2, -0.15) is 0 Å². The Hall–Kier alpha value is -1.92. The summed E-state index contributed by atoms with van der Waals surface area (Å²) >= 11 is 0. The average molecular weight is 265 g/mol. The second kappa shape index (κ2) is 5.38. The normalized spacial score (nSPS) is 26.9. The molecule has 0 amide bonds. The van der Waals surface area contributed by atoms with Crippen molar-refractivity contribution in [2.45, 2.75) is 39.2 Å². The fourth-order valence-electron chi connectivity index (χ4n) is 2.73. The molecule has 3 N–H and O–H groups in total. The zero-order chi connectivity index (χ0) is 14.0. The minimum absolute atomic E-state index is 0.0978. The first-order valence-electron chi connectivity index (χ1n) is 6.50. The second-order valence-electron chi connectivity index (χ2n) is 5.36. The molecular weight excluding hydrogens is 246 g/mol. The molecule has 1 aromatic rings. The highest BCUT2D eigenvalue weighted by atomic mass is 16.6. The average Bonchev–Trinajstić information content (AvgIpc) is 2.32. The standard InChI is InChI=1S/C12H19N5O2/c1-7-3-4-9(8(2)5-7)16-12-10(17(18)19)11(13)14-6-15-12/h6-9H,3-5H2,1-2H3,(H3,13,14,15,16). The van der Waals surface area contributed by atoms with E-state index in [1.54, 1.807) is 0 Å². The van der Waals surface area contributed by atoms with Gasteiger partial charge in [0.1, 0.15) is 6.33 Å². The van der Waals surface area contributed by atoms with Crippen molar-refractivity contribution in [2.24, 2.45) is 11.8 Å². The molecule has 1 aromatic heterocycles. The van der Waals surface area contributed by atoms with Crippen LogP contribution in [0.3, 0.4) is 0 Å². The zero-order valence-corrected chi connectivity index (χ0v) is 11.2. The van der Waals surface area contributed by atoms with Gasteiger partial charge >= 0.3 is 5.69 Å². The Balaban J connectivity index is 2.19. The lowest BCUT2D eigenvalue weighted by atomic mass is 9.80. The molecule has 7 heteroatoms. The van der Waals surface area contributed by atoms with E-state index < -0.39 is 4.92 Å². The summed E-state index contributed by atoms with van der Waals surface area (Å²) in [6.07, 6.45) is 4.48. The number of aromatic nitrogens is 2. The molecule has 19 heavy (non-hydrogen) atoms. The maximum absolute atomic E-state index is 11.0. The first-order valence-corrected chi connectivity index (χ1v) is 6.50. The summed E-state index contributed by atoms with van der Waals surface area (Å²) < 4.78 is 0. The van der Waals surface area contributed by atoms with E-state index >= 15 is 0 Å². The topological polar surface area (TPSA) is 107 Å². The molecule has 1 saturated carbocycles. The number of rotatable bonds is 3. The second-order valence-corrected chi connectivity index (χ2v) is 5.36. The summed E-state index contributed by atoms with van der Waals surface area (Å²) in [5, 5.41) is 14.2. The lowest BCUT2D eigenvalue weighted by molar-refractivity contribution is -0.383. The molecule has 0 saturated heterocycles. The third kappa shape index (κ3) is 2.91. The van der Waals surface area contributed by atoms with Gasteiger partial charge in [0.2, 0.25) is 11.6 Å². The molecule has 1 aliphatic carbocycles. The van der Waals surface area contributed by atoms with Crippen molar-refractivity contribution >= 4 is 17.3 Å². The number of hydrogen-bond donors (Lipinski definition) is 2. The maximum atomic E-state index is 11.0. The molecule has 7 nitrogen and oxygen atoms in total. The van der Waals surface area contributed by atoms with Crippen LogP contribution in [0.1, 0.15) is 33.1 Å². The van der Waals surface area contributed by atoms with Crippen LogP contribution in [0.25, 0.3) is 0 Å². The Morgan fingerprint density at radius 1 is 1.42 bits per heavy atom. The highest BCUT2D eigenvalue weighted by molar-refractivity contribution is 5.67. The van der Waals surface area contributed by atoms with E-state index in [4.69, 9.17) is 5.73 Å². The number of anilines is 2. The number of hydrogen-bond acceptors (Lipinski definition) is 6. The Morgan fingerprint density at radius 3 is 2.79 bits per heavy atom. The van der Waals surface area contributed by atoms with Crippen molar-refractivity contribution in [3.05, 3.63) is 16.4 Å². The number of nitrogens with one attached hydrogen (secondary N) is 1. The van der Waals surface area contributed by atoms with Crippen LogP contribution >= 0.6 is 0 Å². The lowest BCUT2D eigenvalue weighted by Crippen LogP contribution is -2.33. The van der Waals surface area contributed by atoms with E-state index in [2.05, 4.69) is 29.1 Å². The maximum Gasteiger partial charge on any atom is 0.352 e.